The molecule has 120 valence electrons. The van der Waals surface area contributed by atoms with Crippen LogP contribution in [0.1, 0.15) is 25.6 Å². The van der Waals surface area contributed by atoms with Gasteiger partial charge in [-0.15, -0.1) is 0 Å². The van der Waals surface area contributed by atoms with E-state index in [2.05, 4.69) is 27.9 Å². The zero-order chi connectivity index (χ0) is 16.2. The van der Waals surface area contributed by atoms with Crippen LogP contribution in [0.5, 0.6) is 0 Å². The summed E-state index contributed by atoms with van der Waals surface area (Å²) in [6.07, 6.45) is 1.61. The summed E-state index contributed by atoms with van der Waals surface area (Å²) in [6.45, 7) is 4.81. The van der Waals surface area contributed by atoms with Crippen molar-refractivity contribution in [3.63, 3.8) is 0 Å². The van der Waals surface area contributed by atoms with E-state index in [1.807, 2.05) is 37.3 Å². The van der Waals surface area contributed by atoms with Gasteiger partial charge in [-0.25, -0.2) is 4.98 Å². The molecule has 0 aliphatic carbocycles. The van der Waals surface area contributed by atoms with Gasteiger partial charge in [0.2, 0.25) is 5.91 Å². The molecule has 1 unspecified atom stereocenters. The van der Waals surface area contributed by atoms with Gasteiger partial charge in [-0.3, -0.25) is 4.79 Å². The van der Waals surface area contributed by atoms with Crippen LogP contribution in [0.25, 0.3) is 11.0 Å². The summed E-state index contributed by atoms with van der Waals surface area (Å²) >= 11 is 1.45. The normalized spacial score (nSPS) is 12.4. The van der Waals surface area contributed by atoms with Crippen LogP contribution in [0, 0.1) is 0 Å². The van der Waals surface area contributed by atoms with E-state index < -0.39 is 0 Å². The van der Waals surface area contributed by atoms with Gasteiger partial charge in [-0.1, -0.05) is 23.9 Å². The van der Waals surface area contributed by atoms with Crippen molar-refractivity contribution in [3.05, 3.63) is 48.4 Å². The number of nitrogens with zero attached hydrogens (tertiary/aromatic N) is 2. The molecule has 23 heavy (non-hydrogen) atoms. The molecule has 0 aliphatic heterocycles. The molecule has 3 rings (SSSR count). The highest BCUT2D eigenvalue weighted by Crippen LogP contribution is 2.24. The molecule has 0 saturated carbocycles. The summed E-state index contributed by atoms with van der Waals surface area (Å²) in [6, 6.07) is 11.6. The number of rotatable bonds is 6. The Hall–Kier alpha value is -2.21. The fraction of sp³-hybridized carbons (Fsp3) is 0.294. The molecule has 1 N–H and O–H groups in total. The van der Waals surface area contributed by atoms with Gasteiger partial charge in [0.05, 0.1) is 29.1 Å². The van der Waals surface area contributed by atoms with Crippen LogP contribution in [0.15, 0.2) is 52.2 Å². The van der Waals surface area contributed by atoms with Crippen molar-refractivity contribution >= 4 is 28.7 Å². The fourth-order valence-electron chi connectivity index (χ4n) is 2.49. The first-order chi connectivity index (χ1) is 11.2. The van der Waals surface area contributed by atoms with Crippen molar-refractivity contribution in [2.45, 2.75) is 31.6 Å². The van der Waals surface area contributed by atoms with E-state index in [0.29, 0.717) is 5.75 Å². The molecule has 6 heteroatoms. The average molecular weight is 329 g/mol. The third-order valence-electron chi connectivity index (χ3n) is 3.62. The number of nitrogens with one attached hydrogen (secondary N) is 1. The third-order valence-corrected chi connectivity index (χ3v) is 4.59. The second kappa shape index (κ2) is 6.91. The Balaban J connectivity index is 1.65. The highest BCUT2D eigenvalue weighted by Gasteiger charge is 2.14. The minimum atomic E-state index is -0.136. The largest absolute Gasteiger partial charge is 0.467 e. The van der Waals surface area contributed by atoms with Gasteiger partial charge in [0.1, 0.15) is 5.76 Å². The van der Waals surface area contributed by atoms with Gasteiger partial charge in [0, 0.05) is 6.54 Å². The molecule has 5 nitrogen and oxygen atoms in total. The molecule has 0 spiro atoms. The first-order valence-corrected chi connectivity index (χ1v) is 8.58. The van der Waals surface area contributed by atoms with Crippen LogP contribution >= 0.6 is 11.8 Å². The summed E-state index contributed by atoms with van der Waals surface area (Å²) in [5, 5.41) is 3.80. The Kier molecular flexibility index (Phi) is 4.71. The Morgan fingerprint density at radius 1 is 1.35 bits per heavy atom. The molecule has 1 aromatic carbocycles. The van der Waals surface area contributed by atoms with Crippen molar-refractivity contribution in [2.75, 3.05) is 5.75 Å². The summed E-state index contributed by atoms with van der Waals surface area (Å²) in [5.41, 5.74) is 2.06. The number of hydrogen-bond donors (Lipinski definition) is 1. The highest BCUT2D eigenvalue weighted by atomic mass is 32.2. The topological polar surface area (TPSA) is 60.1 Å². The zero-order valence-electron chi connectivity index (χ0n) is 13.2. The number of furan rings is 1. The quantitative estimate of drug-likeness (QED) is 0.702. The van der Waals surface area contributed by atoms with Gasteiger partial charge < -0.3 is 14.3 Å². The van der Waals surface area contributed by atoms with Crippen LogP contribution in [-0.4, -0.2) is 21.2 Å². The lowest BCUT2D eigenvalue weighted by Crippen LogP contribution is -2.28. The van der Waals surface area contributed by atoms with E-state index in [1.165, 1.54) is 11.8 Å². The van der Waals surface area contributed by atoms with E-state index in [0.717, 1.165) is 28.5 Å². The Labute approximate surface area is 139 Å². The lowest BCUT2D eigenvalue weighted by atomic mass is 10.2. The summed E-state index contributed by atoms with van der Waals surface area (Å²) in [5.74, 6) is 1.05. The summed E-state index contributed by atoms with van der Waals surface area (Å²) in [4.78, 5) is 16.7. The molecule has 0 bridgehead atoms. The van der Waals surface area contributed by atoms with Crippen LogP contribution < -0.4 is 5.32 Å². The predicted molar refractivity (Wildman–Crippen MR) is 91.4 cm³/mol. The maximum atomic E-state index is 12.1. The van der Waals surface area contributed by atoms with Crippen LogP contribution in [0.4, 0.5) is 0 Å². The Morgan fingerprint density at radius 2 is 2.17 bits per heavy atom. The summed E-state index contributed by atoms with van der Waals surface area (Å²) in [7, 11) is 0. The van der Waals surface area contributed by atoms with Crippen molar-refractivity contribution in [2.24, 2.45) is 0 Å². The minimum absolute atomic E-state index is 0.0337. The fourth-order valence-corrected chi connectivity index (χ4v) is 3.38. The third kappa shape index (κ3) is 3.42. The standard InChI is InChI=1S/C17H19N3O2S/c1-3-20-14-8-5-4-7-13(14)19-17(20)23-11-16(21)18-12(2)15-9-6-10-22-15/h4-10,12H,3,11H2,1-2H3,(H,18,21). The second-order valence-electron chi connectivity index (χ2n) is 5.22. The lowest BCUT2D eigenvalue weighted by Gasteiger charge is -2.11. The first kappa shape index (κ1) is 15.7. The zero-order valence-corrected chi connectivity index (χ0v) is 14.0. The summed E-state index contributed by atoms with van der Waals surface area (Å²) < 4.78 is 7.43. The highest BCUT2D eigenvalue weighted by molar-refractivity contribution is 7.99. The van der Waals surface area contributed by atoms with E-state index in [-0.39, 0.29) is 11.9 Å². The maximum absolute atomic E-state index is 12.1. The number of aromatic nitrogens is 2. The molecule has 0 fully saturated rings. The van der Waals surface area contributed by atoms with Gasteiger partial charge >= 0.3 is 0 Å². The molecular formula is C17H19N3O2S. The molecule has 2 heterocycles. The number of benzene rings is 1. The number of thioether (sulfide) groups is 1. The average Bonchev–Trinajstić information content (AvgIpc) is 3.20. The minimum Gasteiger partial charge on any atom is -0.467 e. The number of amides is 1. The number of imidazole rings is 1. The number of carbonyl (C=O) groups is 1. The van der Waals surface area contributed by atoms with E-state index >= 15 is 0 Å². The molecule has 0 saturated heterocycles. The van der Waals surface area contributed by atoms with Crippen molar-refractivity contribution in [3.8, 4) is 0 Å². The first-order valence-electron chi connectivity index (χ1n) is 7.60. The molecule has 0 aliphatic rings. The predicted octanol–water partition coefficient (Wildman–Crippen LogP) is 3.62. The Bertz CT molecular complexity index is 795. The van der Waals surface area contributed by atoms with Gasteiger partial charge in [0.25, 0.3) is 0 Å². The monoisotopic (exact) mass is 329 g/mol. The van der Waals surface area contributed by atoms with Gasteiger partial charge in [0.15, 0.2) is 5.16 Å². The van der Waals surface area contributed by atoms with E-state index in [1.54, 1.807) is 6.26 Å². The smallest absolute Gasteiger partial charge is 0.231 e. The van der Waals surface area contributed by atoms with Gasteiger partial charge in [-0.2, -0.15) is 0 Å². The van der Waals surface area contributed by atoms with Crippen LogP contribution in [0.2, 0.25) is 0 Å². The van der Waals surface area contributed by atoms with Crippen molar-refractivity contribution in [1.82, 2.24) is 14.9 Å². The molecule has 1 atom stereocenters. The Morgan fingerprint density at radius 3 is 2.91 bits per heavy atom. The van der Waals surface area contributed by atoms with Crippen molar-refractivity contribution in [1.29, 1.82) is 0 Å². The SMILES string of the molecule is CCn1c(SCC(=O)NC(C)c2ccco2)nc2ccccc21. The molecule has 3 aromatic rings. The number of hydrogen-bond acceptors (Lipinski definition) is 4. The molecular weight excluding hydrogens is 310 g/mol. The van der Waals surface area contributed by atoms with E-state index in [4.69, 9.17) is 4.42 Å². The number of aryl methyl sites for hydroxylation is 1. The van der Waals surface area contributed by atoms with Crippen LogP contribution in [0.3, 0.4) is 0 Å². The molecule has 0 radical (unpaired) electrons. The molecule has 2 aromatic heterocycles. The second-order valence-corrected chi connectivity index (χ2v) is 6.16. The van der Waals surface area contributed by atoms with Gasteiger partial charge in [-0.05, 0) is 38.1 Å². The number of fused-ring (bicyclic) bond motifs is 1. The van der Waals surface area contributed by atoms with Crippen LogP contribution in [-0.2, 0) is 11.3 Å². The lowest BCUT2D eigenvalue weighted by molar-refractivity contribution is -0.119. The number of para-hydroxylation sites is 2. The van der Waals surface area contributed by atoms with Crippen molar-refractivity contribution < 1.29 is 9.21 Å². The number of carbonyl (C=O) groups excluding carboxylic acids is 1. The molecule has 1 amide bonds. The van der Waals surface area contributed by atoms with E-state index in [9.17, 15) is 4.79 Å². The maximum Gasteiger partial charge on any atom is 0.231 e.